The Balaban J connectivity index is 1.26. The fourth-order valence-electron chi connectivity index (χ4n) is 11.0. The van der Waals surface area contributed by atoms with Crippen LogP contribution in [0.25, 0.3) is 57.5 Å². The molecule has 0 amide bonds. The SMILES string of the molecule is CCCCCCCCCCCc1c2nc(c(CCCCCCCCCCC)c3ccc([nH]3)c(-c3ccc(C(=O)OCCn4ccc(=O)[nH]c4=O)cc3)c3ccc([nH]3)c(CCCCCCCCCCC)c3nc1C=C3)C=C2. The molecule has 0 atom stereocenters. The molecular formula is C66H90N6O4. The van der Waals surface area contributed by atoms with Gasteiger partial charge >= 0.3 is 11.7 Å². The largest absolute Gasteiger partial charge is 0.460 e. The first-order chi connectivity index (χ1) is 37.4. The van der Waals surface area contributed by atoms with Gasteiger partial charge in [-0.2, -0.15) is 0 Å². The van der Waals surface area contributed by atoms with Crippen molar-refractivity contribution in [1.82, 2.24) is 29.5 Å². The number of nitrogens with zero attached hydrogens (tertiary/aromatic N) is 3. The zero-order chi connectivity index (χ0) is 53.2. The second-order valence-corrected chi connectivity index (χ2v) is 21.6. The summed E-state index contributed by atoms with van der Waals surface area (Å²) in [5.74, 6) is -0.487. The Kier molecular flexibility index (Phi) is 24.2. The van der Waals surface area contributed by atoms with Crippen molar-refractivity contribution in [2.75, 3.05) is 6.61 Å². The predicted molar refractivity (Wildman–Crippen MR) is 319 cm³/mol. The third-order valence-corrected chi connectivity index (χ3v) is 15.5. The van der Waals surface area contributed by atoms with Crippen molar-refractivity contribution in [3.8, 4) is 11.1 Å². The van der Waals surface area contributed by atoms with E-state index in [2.05, 4.69) is 84.3 Å². The minimum atomic E-state index is -0.542. The summed E-state index contributed by atoms with van der Waals surface area (Å²) in [5, 5.41) is 0. The molecule has 0 saturated carbocycles. The Morgan fingerprint density at radius 3 is 1.25 bits per heavy atom. The number of benzene rings is 1. The van der Waals surface area contributed by atoms with E-state index in [9.17, 15) is 14.4 Å². The van der Waals surface area contributed by atoms with Crippen LogP contribution < -0.4 is 11.2 Å². The number of hydrogen-bond donors (Lipinski definition) is 3. The lowest BCUT2D eigenvalue weighted by atomic mass is 10.0. The first-order valence-electron chi connectivity index (χ1n) is 30.1. The van der Waals surface area contributed by atoms with Crippen LogP contribution in [0.15, 0.2) is 70.4 Å². The minimum Gasteiger partial charge on any atom is -0.460 e. The molecule has 7 rings (SSSR count). The lowest BCUT2D eigenvalue weighted by molar-refractivity contribution is 0.0489. The van der Waals surface area contributed by atoms with Gasteiger partial charge in [-0.1, -0.05) is 187 Å². The number of nitrogens with one attached hydrogen (secondary N) is 3. The van der Waals surface area contributed by atoms with Crippen LogP contribution >= 0.6 is 0 Å². The fraction of sp³-hybridized carbons (Fsp3) is 0.530. The van der Waals surface area contributed by atoms with Gasteiger partial charge in [0.1, 0.15) is 6.61 Å². The molecule has 6 heterocycles. The summed E-state index contributed by atoms with van der Waals surface area (Å²) < 4.78 is 6.91. The Hall–Kier alpha value is -6.03. The number of aromatic amines is 3. The van der Waals surface area contributed by atoms with Crippen molar-refractivity contribution >= 4 is 52.3 Å². The number of carbonyl (C=O) groups excluding carboxylic acids is 1. The van der Waals surface area contributed by atoms with E-state index >= 15 is 0 Å². The number of unbranched alkanes of at least 4 members (excludes halogenated alkanes) is 24. The van der Waals surface area contributed by atoms with Gasteiger partial charge in [0.05, 0.1) is 34.9 Å². The number of H-pyrrole nitrogens is 3. The standard InChI is InChI=1S/C66H90N6O4/c1-4-7-10-13-16-19-22-25-28-31-52-55-38-40-57(67-55)53(32-29-26-23-20-17-14-11-8-5-2)59-42-44-61(69-59)64(50-34-36-51(37-35-50)65(74)76-49-48-72-47-46-63(73)71-66(72)75)62-45-43-60(70-62)54(58-41-39-56(52)68-58)33-30-27-24-21-18-15-12-9-6-3/h34-47,69-70H,4-33,48-49H2,1-3H3,(H,71,73,75). The average Bonchev–Trinajstić information content (AvgIpc) is 4.29. The third kappa shape index (κ3) is 17.5. The van der Waals surface area contributed by atoms with Gasteiger partial charge in [-0.05, 0) is 105 Å². The molecule has 5 aromatic rings. The minimum absolute atomic E-state index is 0.0195. The maximum atomic E-state index is 13.3. The molecule has 0 spiro atoms. The van der Waals surface area contributed by atoms with Gasteiger partial charge in [-0.15, -0.1) is 0 Å². The summed E-state index contributed by atoms with van der Waals surface area (Å²) in [4.78, 5) is 58.3. The zero-order valence-corrected chi connectivity index (χ0v) is 46.7. The second-order valence-electron chi connectivity index (χ2n) is 21.6. The molecule has 408 valence electrons. The van der Waals surface area contributed by atoms with E-state index in [0.29, 0.717) is 5.56 Å². The molecular weight excluding hydrogens is 941 g/mol. The van der Waals surface area contributed by atoms with Crippen molar-refractivity contribution < 1.29 is 9.53 Å². The van der Waals surface area contributed by atoms with Gasteiger partial charge in [0.2, 0.25) is 0 Å². The van der Waals surface area contributed by atoms with Gasteiger partial charge in [0.25, 0.3) is 5.56 Å². The molecule has 0 saturated heterocycles. The highest BCUT2D eigenvalue weighted by atomic mass is 16.5. The maximum Gasteiger partial charge on any atom is 0.338 e. The molecule has 0 unspecified atom stereocenters. The summed E-state index contributed by atoms with van der Waals surface area (Å²) in [7, 11) is 0. The second kappa shape index (κ2) is 31.9. The van der Waals surface area contributed by atoms with Crippen molar-refractivity contribution in [3.05, 3.63) is 127 Å². The number of fused-ring (bicyclic) bond motifs is 8. The van der Waals surface area contributed by atoms with Crippen LogP contribution in [0.2, 0.25) is 0 Å². The van der Waals surface area contributed by atoms with Crippen LogP contribution in [-0.2, 0) is 30.5 Å². The summed E-state index contributed by atoms with van der Waals surface area (Å²) >= 11 is 0. The van der Waals surface area contributed by atoms with Gasteiger partial charge in [-0.3, -0.25) is 14.3 Å². The number of carbonyl (C=O) groups is 1. The molecule has 2 aliphatic heterocycles. The normalized spacial score (nSPS) is 12.0. The van der Waals surface area contributed by atoms with Crippen molar-refractivity contribution in [3.63, 3.8) is 0 Å². The Labute approximate surface area is 453 Å². The molecule has 1 aromatic carbocycles. The monoisotopic (exact) mass is 1030 g/mol. The summed E-state index contributed by atoms with van der Waals surface area (Å²) in [6.45, 7) is 6.96. The van der Waals surface area contributed by atoms with E-state index in [1.165, 1.54) is 188 Å². The van der Waals surface area contributed by atoms with Gasteiger partial charge < -0.3 is 14.7 Å². The fourth-order valence-corrected chi connectivity index (χ4v) is 11.0. The van der Waals surface area contributed by atoms with Gasteiger partial charge in [0, 0.05) is 56.6 Å². The van der Waals surface area contributed by atoms with E-state index in [1.807, 2.05) is 12.1 Å². The van der Waals surface area contributed by atoms with Gasteiger partial charge in [0.15, 0.2) is 0 Å². The molecule has 3 N–H and O–H groups in total. The first kappa shape index (κ1) is 57.7. The Morgan fingerprint density at radius 2 is 0.829 bits per heavy atom. The number of rotatable bonds is 35. The Morgan fingerprint density at radius 1 is 0.447 bits per heavy atom. The topological polar surface area (TPSA) is 139 Å². The molecule has 76 heavy (non-hydrogen) atoms. The molecule has 4 aromatic heterocycles. The highest BCUT2D eigenvalue weighted by molar-refractivity contribution is 5.96. The summed E-state index contributed by atoms with van der Waals surface area (Å²) in [5.41, 5.74) is 13.3. The highest BCUT2D eigenvalue weighted by Crippen LogP contribution is 2.33. The zero-order valence-electron chi connectivity index (χ0n) is 46.7. The quantitative estimate of drug-likeness (QED) is 0.0267. The van der Waals surface area contributed by atoms with E-state index in [4.69, 9.17) is 14.7 Å². The van der Waals surface area contributed by atoms with Crippen LogP contribution in [-0.4, -0.2) is 42.1 Å². The van der Waals surface area contributed by atoms with E-state index in [-0.39, 0.29) is 13.2 Å². The number of esters is 1. The molecule has 10 nitrogen and oxygen atoms in total. The number of aromatic nitrogens is 6. The Bertz CT molecular complexity index is 2810. The van der Waals surface area contributed by atoms with Crippen LogP contribution in [0, 0.1) is 0 Å². The number of aryl methyl sites for hydroxylation is 2. The van der Waals surface area contributed by atoms with E-state index in [1.54, 1.807) is 12.1 Å². The smallest absolute Gasteiger partial charge is 0.338 e. The van der Waals surface area contributed by atoms with Crippen molar-refractivity contribution in [1.29, 1.82) is 0 Å². The molecule has 0 fully saturated rings. The maximum absolute atomic E-state index is 13.3. The number of hydrogen-bond acceptors (Lipinski definition) is 6. The molecule has 0 aliphatic carbocycles. The molecule has 8 bridgehead atoms. The van der Waals surface area contributed by atoms with Crippen LogP contribution in [0.1, 0.15) is 244 Å². The van der Waals surface area contributed by atoms with E-state index < -0.39 is 17.2 Å². The van der Waals surface area contributed by atoms with E-state index in [0.717, 1.165) is 94.5 Å². The lowest BCUT2D eigenvalue weighted by Gasteiger charge is -2.08. The van der Waals surface area contributed by atoms with Crippen LogP contribution in [0.3, 0.4) is 0 Å². The number of ether oxygens (including phenoxy) is 1. The van der Waals surface area contributed by atoms with Crippen LogP contribution in [0.5, 0.6) is 0 Å². The first-order valence-corrected chi connectivity index (χ1v) is 30.1. The van der Waals surface area contributed by atoms with Crippen LogP contribution in [0.4, 0.5) is 0 Å². The summed E-state index contributed by atoms with van der Waals surface area (Å²) in [6.07, 6.45) is 47.7. The third-order valence-electron chi connectivity index (χ3n) is 15.5. The molecule has 2 aliphatic rings. The lowest BCUT2D eigenvalue weighted by Crippen LogP contribution is -2.30. The van der Waals surface area contributed by atoms with Gasteiger partial charge in [-0.25, -0.2) is 19.6 Å². The molecule has 10 heteroatoms. The highest BCUT2D eigenvalue weighted by Gasteiger charge is 2.18. The average molecular weight is 1030 g/mol. The molecule has 0 radical (unpaired) electrons. The summed E-state index contributed by atoms with van der Waals surface area (Å²) in [6, 6.07) is 17.7. The van der Waals surface area contributed by atoms with Crippen molar-refractivity contribution in [2.24, 2.45) is 0 Å². The van der Waals surface area contributed by atoms with Crippen molar-refractivity contribution in [2.45, 2.75) is 220 Å². The predicted octanol–water partition coefficient (Wildman–Crippen LogP) is 17.2.